The summed E-state index contributed by atoms with van der Waals surface area (Å²) in [6.45, 7) is 1.67. The number of benzene rings is 1. The quantitative estimate of drug-likeness (QED) is 0.869. The molecule has 104 valence electrons. The standard InChI is InChI=1S/C13H9Cl2FN2O2/c1-5-8(15)10(17)9(16)11(18-5)6-2-3-7(14)13-12(6)19-4-20-13/h2-3H,4H2,1H3,(H2,17,18). The second-order valence-electron chi connectivity index (χ2n) is 4.25. The van der Waals surface area contributed by atoms with Gasteiger partial charge in [-0.05, 0) is 19.1 Å². The lowest BCUT2D eigenvalue weighted by molar-refractivity contribution is 0.174. The Morgan fingerprint density at radius 1 is 1.25 bits per heavy atom. The number of anilines is 1. The van der Waals surface area contributed by atoms with Gasteiger partial charge in [0.1, 0.15) is 5.69 Å². The molecule has 0 saturated carbocycles. The molecule has 0 bridgehead atoms. The Bertz CT molecular complexity index is 722. The number of aryl methyl sites for hydroxylation is 1. The topological polar surface area (TPSA) is 57.4 Å². The zero-order valence-corrected chi connectivity index (χ0v) is 11.8. The SMILES string of the molecule is Cc1nc(-c2ccc(Cl)c3c2OCO3)c(F)c(N)c1Cl. The molecule has 0 atom stereocenters. The minimum absolute atomic E-state index is 0.0236. The van der Waals surface area contributed by atoms with Crippen LogP contribution in [0.15, 0.2) is 12.1 Å². The van der Waals surface area contributed by atoms with Crippen LogP contribution in [-0.4, -0.2) is 11.8 Å². The Kier molecular flexibility index (Phi) is 3.11. The summed E-state index contributed by atoms with van der Waals surface area (Å²) in [4.78, 5) is 4.14. The smallest absolute Gasteiger partial charge is 0.231 e. The highest BCUT2D eigenvalue weighted by molar-refractivity contribution is 6.34. The van der Waals surface area contributed by atoms with Crippen LogP contribution in [-0.2, 0) is 0 Å². The minimum Gasteiger partial charge on any atom is -0.453 e. The maximum absolute atomic E-state index is 14.3. The average molecular weight is 315 g/mol. The van der Waals surface area contributed by atoms with E-state index >= 15 is 0 Å². The second kappa shape index (κ2) is 4.68. The zero-order valence-electron chi connectivity index (χ0n) is 10.3. The van der Waals surface area contributed by atoms with Gasteiger partial charge in [-0.1, -0.05) is 23.2 Å². The molecule has 0 radical (unpaired) electrons. The van der Waals surface area contributed by atoms with Gasteiger partial charge in [-0.3, -0.25) is 0 Å². The molecule has 0 unspecified atom stereocenters. The first-order valence-corrected chi connectivity index (χ1v) is 6.46. The second-order valence-corrected chi connectivity index (χ2v) is 5.03. The van der Waals surface area contributed by atoms with E-state index in [-0.39, 0.29) is 23.2 Å². The van der Waals surface area contributed by atoms with Gasteiger partial charge in [-0.2, -0.15) is 0 Å². The van der Waals surface area contributed by atoms with Crippen LogP contribution >= 0.6 is 23.2 Å². The minimum atomic E-state index is -0.694. The molecule has 0 fully saturated rings. The molecule has 2 heterocycles. The molecule has 4 nitrogen and oxygen atoms in total. The van der Waals surface area contributed by atoms with Crippen molar-refractivity contribution >= 4 is 28.9 Å². The first-order chi connectivity index (χ1) is 9.50. The van der Waals surface area contributed by atoms with Gasteiger partial charge in [-0.25, -0.2) is 9.37 Å². The van der Waals surface area contributed by atoms with Gasteiger partial charge in [0, 0.05) is 5.56 Å². The first kappa shape index (κ1) is 13.3. The first-order valence-electron chi connectivity index (χ1n) is 5.70. The molecular weight excluding hydrogens is 306 g/mol. The number of ether oxygens (including phenoxy) is 2. The van der Waals surface area contributed by atoms with Crippen molar-refractivity contribution in [2.75, 3.05) is 12.5 Å². The number of nitrogen functional groups attached to an aromatic ring is 1. The van der Waals surface area contributed by atoms with Crippen molar-refractivity contribution in [2.24, 2.45) is 0 Å². The van der Waals surface area contributed by atoms with Crippen LogP contribution in [0.1, 0.15) is 5.69 Å². The Hall–Kier alpha value is -1.72. The van der Waals surface area contributed by atoms with E-state index in [4.69, 9.17) is 38.4 Å². The van der Waals surface area contributed by atoms with Crippen molar-refractivity contribution in [2.45, 2.75) is 6.92 Å². The van der Waals surface area contributed by atoms with Gasteiger partial charge >= 0.3 is 0 Å². The summed E-state index contributed by atoms with van der Waals surface area (Å²) in [6, 6.07) is 3.19. The summed E-state index contributed by atoms with van der Waals surface area (Å²) in [5, 5.41) is 0.495. The molecule has 0 aliphatic carbocycles. The summed E-state index contributed by atoms with van der Waals surface area (Å²) in [5.74, 6) is 0.0298. The molecule has 7 heteroatoms. The van der Waals surface area contributed by atoms with Crippen LogP contribution in [0, 0.1) is 12.7 Å². The Balaban J connectivity index is 2.28. The van der Waals surface area contributed by atoms with Crippen LogP contribution < -0.4 is 15.2 Å². The van der Waals surface area contributed by atoms with E-state index in [1.807, 2.05) is 0 Å². The summed E-state index contributed by atoms with van der Waals surface area (Å²) >= 11 is 11.9. The predicted octanol–water partition coefficient (Wildman–Crippen LogP) is 3.81. The number of aromatic nitrogens is 1. The Morgan fingerprint density at radius 2 is 1.95 bits per heavy atom. The molecule has 2 N–H and O–H groups in total. The monoisotopic (exact) mass is 314 g/mol. The van der Waals surface area contributed by atoms with Gasteiger partial charge in [0.2, 0.25) is 6.79 Å². The lowest BCUT2D eigenvalue weighted by Crippen LogP contribution is -2.01. The number of fused-ring (bicyclic) bond motifs is 1. The number of rotatable bonds is 1. The zero-order chi connectivity index (χ0) is 14.4. The highest BCUT2D eigenvalue weighted by Crippen LogP contribution is 2.46. The van der Waals surface area contributed by atoms with Crippen molar-refractivity contribution in [1.29, 1.82) is 0 Å². The molecule has 1 aromatic heterocycles. The van der Waals surface area contributed by atoms with Crippen LogP contribution in [0.2, 0.25) is 10.0 Å². The summed E-state index contributed by atoms with van der Waals surface area (Å²) in [5.41, 5.74) is 6.42. The molecular formula is C13H9Cl2FN2O2. The maximum Gasteiger partial charge on any atom is 0.231 e. The number of halogens is 3. The molecule has 1 aliphatic heterocycles. The highest BCUT2D eigenvalue weighted by atomic mass is 35.5. The third-order valence-corrected chi connectivity index (χ3v) is 3.78. The fraction of sp³-hybridized carbons (Fsp3) is 0.154. The van der Waals surface area contributed by atoms with Crippen LogP contribution in [0.25, 0.3) is 11.3 Å². The fourth-order valence-corrected chi connectivity index (χ4v) is 2.34. The van der Waals surface area contributed by atoms with E-state index < -0.39 is 5.82 Å². The van der Waals surface area contributed by atoms with E-state index in [0.29, 0.717) is 27.8 Å². The van der Waals surface area contributed by atoms with E-state index in [1.54, 1.807) is 19.1 Å². The highest BCUT2D eigenvalue weighted by Gasteiger charge is 2.26. The van der Waals surface area contributed by atoms with Crippen molar-refractivity contribution in [3.63, 3.8) is 0 Å². The van der Waals surface area contributed by atoms with Crippen LogP contribution in [0.5, 0.6) is 11.5 Å². The molecule has 1 aromatic carbocycles. The molecule has 2 aromatic rings. The Labute approximate surface area is 124 Å². The van der Waals surface area contributed by atoms with Gasteiger partial charge in [0.15, 0.2) is 17.3 Å². The lowest BCUT2D eigenvalue weighted by atomic mass is 10.1. The largest absolute Gasteiger partial charge is 0.453 e. The summed E-state index contributed by atoms with van der Waals surface area (Å²) < 4.78 is 24.9. The number of hydrogen-bond donors (Lipinski definition) is 1. The average Bonchev–Trinajstić information content (AvgIpc) is 2.92. The maximum atomic E-state index is 14.3. The van der Waals surface area contributed by atoms with Crippen LogP contribution in [0.4, 0.5) is 10.1 Å². The van der Waals surface area contributed by atoms with E-state index in [9.17, 15) is 4.39 Å². The fourth-order valence-electron chi connectivity index (χ4n) is 2.01. The van der Waals surface area contributed by atoms with Crippen LogP contribution in [0.3, 0.4) is 0 Å². The molecule has 0 spiro atoms. The molecule has 0 saturated heterocycles. The molecule has 1 aliphatic rings. The van der Waals surface area contributed by atoms with Gasteiger partial charge < -0.3 is 15.2 Å². The predicted molar refractivity (Wildman–Crippen MR) is 74.9 cm³/mol. The molecule has 0 amide bonds. The summed E-state index contributed by atoms with van der Waals surface area (Å²) in [6.07, 6.45) is 0. The van der Waals surface area contributed by atoms with Crippen molar-refractivity contribution in [3.05, 3.63) is 33.7 Å². The summed E-state index contributed by atoms with van der Waals surface area (Å²) in [7, 11) is 0. The van der Waals surface area contributed by atoms with Crippen molar-refractivity contribution < 1.29 is 13.9 Å². The molecule has 3 rings (SSSR count). The number of pyridine rings is 1. The number of nitrogens with zero attached hydrogens (tertiary/aromatic N) is 1. The molecule has 20 heavy (non-hydrogen) atoms. The Morgan fingerprint density at radius 3 is 2.70 bits per heavy atom. The van der Waals surface area contributed by atoms with E-state index in [0.717, 1.165) is 0 Å². The number of hydrogen-bond acceptors (Lipinski definition) is 4. The van der Waals surface area contributed by atoms with E-state index in [1.165, 1.54) is 0 Å². The lowest BCUT2D eigenvalue weighted by Gasteiger charge is -2.11. The normalized spacial score (nSPS) is 12.8. The van der Waals surface area contributed by atoms with Gasteiger partial charge in [0.05, 0.1) is 21.4 Å². The van der Waals surface area contributed by atoms with Crippen molar-refractivity contribution in [3.8, 4) is 22.8 Å². The third-order valence-electron chi connectivity index (χ3n) is 3.00. The third kappa shape index (κ3) is 1.85. The van der Waals surface area contributed by atoms with E-state index in [2.05, 4.69) is 4.98 Å². The van der Waals surface area contributed by atoms with Crippen molar-refractivity contribution in [1.82, 2.24) is 4.98 Å². The number of nitrogens with two attached hydrogens (primary N) is 1. The van der Waals surface area contributed by atoms with Gasteiger partial charge in [0.25, 0.3) is 0 Å². The van der Waals surface area contributed by atoms with Gasteiger partial charge in [-0.15, -0.1) is 0 Å².